The van der Waals surface area contributed by atoms with E-state index >= 15 is 0 Å². The van der Waals surface area contributed by atoms with E-state index in [1.54, 1.807) is 4.68 Å². The molecule has 1 amide bonds. The van der Waals surface area contributed by atoms with Gasteiger partial charge in [0.1, 0.15) is 11.3 Å². The Labute approximate surface area is 192 Å². The number of aryl methyl sites for hydroxylation is 1. The zero-order valence-corrected chi connectivity index (χ0v) is 19.0. The lowest BCUT2D eigenvalue weighted by Gasteiger charge is -2.10. The van der Waals surface area contributed by atoms with E-state index in [9.17, 15) is 18.0 Å². The zero-order valence-electron chi connectivity index (χ0n) is 18.2. The number of benzene rings is 1. The molecular weight excluding hydrogens is 461 g/mol. The maximum Gasteiger partial charge on any atom is 0.573 e. The number of aromatic nitrogens is 5. The van der Waals surface area contributed by atoms with Crippen LogP contribution in [-0.4, -0.2) is 49.2 Å². The second-order valence-corrected chi connectivity index (χ2v) is 7.54. The van der Waals surface area contributed by atoms with Crippen molar-refractivity contribution in [2.45, 2.75) is 45.4 Å². The SMILES string of the molecule is CCOc1nn(CC)cc1-c1nnc(SCC(=O)Nc2ccc(OC(F)(F)F)cc2)n1CC. The number of thioether (sulfide) groups is 1. The van der Waals surface area contributed by atoms with Crippen LogP contribution >= 0.6 is 11.8 Å². The molecule has 0 fully saturated rings. The summed E-state index contributed by atoms with van der Waals surface area (Å²) in [7, 11) is 0. The lowest BCUT2D eigenvalue weighted by atomic mass is 10.3. The highest BCUT2D eigenvalue weighted by atomic mass is 32.2. The van der Waals surface area contributed by atoms with Crippen molar-refractivity contribution in [2.24, 2.45) is 0 Å². The third-order valence-corrected chi connectivity index (χ3v) is 5.28. The molecule has 0 saturated carbocycles. The summed E-state index contributed by atoms with van der Waals surface area (Å²) in [5.74, 6) is 0.380. The smallest absolute Gasteiger partial charge is 0.476 e. The Bertz CT molecular complexity index is 1080. The molecule has 2 aromatic heterocycles. The Hall–Kier alpha value is -3.22. The quantitative estimate of drug-likeness (QED) is 0.431. The first-order valence-corrected chi connectivity index (χ1v) is 11.1. The molecule has 33 heavy (non-hydrogen) atoms. The van der Waals surface area contributed by atoms with Crippen molar-refractivity contribution < 1.29 is 27.4 Å². The average molecular weight is 485 g/mol. The molecule has 0 radical (unpaired) electrons. The molecule has 0 saturated heterocycles. The zero-order chi connectivity index (χ0) is 24.0. The average Bonchev–Trinajstić information content (AvgIpc) is 3.36. The standard InChI is InChI=1S/C20H23F3N6O3S/c1-4-28-11-15(18(27-28)31-6-3)17-25-26-19(29(17)5-2)33-12-16(30)24-13-7-9-14(10-8-13)32-20(21,22)23/h7-11H,4-6,12H2,1-3H3,(H,24,30). The Morgan fingerprint density at radius 2 is 1.85 bits per heavy atom. The number of carbonyl (C=O) groups excluding carboxylic acids is 1. The summed E-state index contributed by atoms with van der Waals surface area (Å²) < 4.78 is 49.8. The molecule has 178 valence electrons. The van der Waals surface area contributed by atoms with Crippen LogP contribution in [0.15, 0.2) is 35.6 Å². The van der Waals surface area contributed by atoms with E-state index in [0.29, 0.717) is 47.8 Å². The predicted molar refractivity (Wildman–Crippen MR) is 116 cm³/mol. The number of hydrogen-bond donors (Lipinski definition) is 1. The van der Waals surface area contributed by atoms with Crippen molar-refractivity contribution in [1.29, 1.82) is 0 Å². The van der Waals surface area contributed by atoms with Gasteiger partial charge in [-0.25, -0.2) is 0 Å². The Morgan fingerprint density at radius 3 is 2.45 bits per heavy atom. The summed E-state index contributed by atoms with van der Waals surface area (Å²) in [5.41, 5.74) is 1.06. The molecule has 1 N–H and O–H groups in total. The van der Waals surface area contributed by atoms with Gasteiger partial charge >= 0.3 is 6.36 Å². The van der Waals surface area contributed by atoms with Gasteiger partial charge in [0.05, 0.1) is 12.4 Å². The first-order valence-electron chi connectivity index (χ1n) is 10.2. The molecule has 0 aliphatic rings. The highest BCUT2D eigenvalue weighted by Crippen LogP contribution is 2.30. The van der Waals surface area contributed by atoms with E-state index in [-0.39, 0.29) is 17.4 Å². The highest BCUT2D eigenvalue weighted by Gasteiger charge is 2.31. The molecule has 0 unspecified atom stereocenters. The number of nitrogens with zero attached hydrogens (tertiary/aromatic N) is 5. The van der Waals surface area contributed by atoms with Crippen molar-refractivity contribution in [3.05, 3.63) is 30.5 Å². The summed E-state index contributed by atoms with van der Waals surface area (Å²) in [6.45, 7) is 7.47. The van der Waals surface area contributed by atoms with Crippen LogP contribution in [0.25, 0.3) is 11.4 Å². The van der Waals surface area contributed by atoms with Gasteiger partial charge in [-0.15, -0.1) is 28.5 Å². The molecule has 0 atom stereocenters. The van der Waals surface area contributed by atoms with Crippen molar-refractivity contribution in [3.8, 4) is 23.0 Å². The minimum absolute atomic E-state index is 0.0332. The number of anilines is 1. The largest absolute Gasteiger partial charge is 0.573 e. The van der Waals surface area contributed by atoms with Crippen LogP contribution in [0.3, 0.4) is 0 Å². The Kier molecular flexibility index (Phi) is 7.84. The van der Waals surface area contributed by atoms with Crippen LogP contribution in [0.4, 0.5) is 18.9 Å². The van der Waals surface area contributed by atoms with Crippen molar-refractivity contribution in [1.82, 2.24) is 24.5 Å². The first kappa shape index (κ1) is 24.4. The molecule has 1 aromatic carbocycles. The van der Waals surface area contributed by atoms with Gasteiger partial charge < -0.3 is 19.4 Å². The Balaban J connectivity index is 1.66. The third-order valence-electron chi connectivity index (χ3n) is 4.31. The molecule has 2 heterocycles. The van der Waals surface area contributed by atoms with Crippen molar-refractivity contribution in [3.63, 3.8) is 0 Å². The highest BCUT2D eigenvalue weighted by molar-refractivity contribution is 7.99. The van der Waals surface area contributed by atoms with E-state index in [1.807, 2.05) is 31.5 Å². The second kappa shape index (κ2) is 10.6. The van der Waals surface area contributed by atoms with Crippen molar-refractivity contribution in [2.75, 3.05) is 17.7 Å². The molecular formula is C20H23F3N6O3S. The van der Waals surface area contributed by atoms with Gasteiger partial charge in [-0.1, -0.05) is 11.8 Å². The minimum Gasteiger partial charge on any atom is -0.476 e. The molecule has 13 heteroatoms. The molecule has 3 rings (SSSR count). The summed E-state index contributed by atoms with van der Waals surface area (Å²) in [5, 5.41) is 16.0. The van der Waals surface area contributed by atoms with Gasteiger partial charge in [-0.2, -0.15) is 0 Å². The van der Waals surface area contributed by atoms with Crippen molar-refractivity contribution >= 4 is 23.4 Å². The maximum atomic E-state index is 12.3. The van der Waals surface area contributed by atoms with E-state index < -0.39 is 6.36 Å². The lowest BCUT2D eigenvalue weighted by Crippen LogP contribution is -2.17. The molecule has 0 aliphatic heterocycles. The summed E-state index contributed by atoms with van der Waals surface area (Å²) in [6.07, 6.45) is -2.93. The van der Waals surface area contributed by atoms with Gasteiger partial charge in [0.2, 0.25) is 11.8 Å². The monoisotopic (exact) mass is 484 g/mol. The van der Waals surface area contributed by atoms with Crippen LogP contribution in [0.1, 0.15) is 20.8 Å². The number of hydrogen-bond acceptors (Lipinski definition) is 7. The minimum atomic E-state index is -4.77. The van der Waals surface area contributed by atoms with Crippen LogP contribution in [0, 0.1) is 0 Å². The third kappa shape index (κ3) is 6.40. The molecule has 0 spiro atoms. The van der Waals surface area contributed by atoms with E-state index in [2.05, 4.69) is 25.3 Å². The normalized spacial score (nSPS) is 11.5. The van der Waals surface area contributed by atoms with E-state index in [0.717, 1.165) is 12.1 Å². The van der Waals surface area contributed by atoms with Gasteiger partial charge in [0, 0.05) is 25.0 Å². The number of ether oxygens (including phenoxy) is 2. The first-order chi connectivity index (χ1) is 15.7. The van der Waals surface area contributed by atoms with Crippen LogP contribution < -0.4 is 14.8 Å². The van der Waals surface area contributed by atoms with Crippen LogP contribution in [0.2, 0.25) is 0 Å². The maximum absolute atomic E-state index is 12.3. The number of halogens is 3. The van der Waals surface area contributed by atoms with Gasteiger partial charge in [0.25, 0.3) is 0 Å². The number of nitrogens with one attached hydrogen (secondary N) is 1. The van der Waals surface area contributed by atoms with Crippen LogP contribution in [0.5, 0.6) is 11.6 Å². The van der Waals surface area contributed by atoms with Crippen LogP contribution in [-0.2, 0) is 17.9 Å². The number of rotatable bonds is 10. The fourth-order valence-electron chi connectivity index (χ4n) is 2.91. The lowest BCUT2D eigenvalue weighted by molar-refractivity contribution is -0.274. The predicted octanol–water partition coefficient (Wildman–Crippen LogP) is 4.21. The number of amides is 1. The Morgan fingerprint density at radius 1 is 1.12 bits per heavy atom. The van der Waals surface area contributed by atoms with E-state index in [4.69, 9.17) is 4.74 Å². The molecule has 3 aromatic rings. The number of alkyl halides is 3. The number of carbonyl (C=O) groups is 1. The fourth-order valence-corrected chi connectivity index (χ4v) is 3.71. The summed E-state index contributed by atoms with van der Waals surface area (Å²) in [6, 6.07) is 4.92. The molecule has 0 aliphatic carbocycles. The fraction of sp³-hybridized carbons (Fsp3) is 0.400. The summed E-state index contributed by atoms with van der Waals surface area (Å²) in [4.78, 5) is 12.3. The second-order valence-electron chi connectivity index (χ2n) is 6.60. The van der Waals surface area contributed by atoms with Gasteiger partial charge in [0.15, 0.2) is 11.0 Å². The molecule has 0 bridgehead atoms. The topological polar surface area (TPSA) is 96.1 Å². The van der Waals surface area contributed by atoms with E-state index in [1.165, 1.54) is 23.9 Å². The van der Waals surface area contributed by atoms with Gasteiger partial charge in [-0.3, -0.25) is 9.48 Å². The summed E-state index contributed by atoms with van der Waals surface area (Å²) >= 11 is 1.19. The van der Waals surface area contributed by atoms with Gasteiger partial charge in [-0.05, 0) is 45.0 Å². The molecule has 9 nitrogen and oxygen atoms in total.